The van der Waals surface area contributed by atoms with Gasteiger partial charge in [0, 0.05) is 17.6 Å². The fraction of sp³-hybridized carbons (Fsp3) is 0.357. The fourth-order valence-corrected chi connectivity index (χ4v) is 1.97. The zero-order valence-electron chi connectivity index (χ0n) is 10.5. The second-order valence-electron chi connectivity index (χ2n) is 4.36. The van der Waals surface area contributed by atoms with Crippen molar-refractivity contribution >= 4 is 10.9 Å². The first-order chi connectivity index (χ1) is 8.13. The zero-order chi connectivity index (χ0) is 12.4. The van der Waals surface area contributed by atoms with Crippen LogP contribution in [0.2, 0.25) is 0 Å². The van der Waals surface area contributed by atoms with Crippen molar-refractivity contribution in [3.05, 3.63) is 36.0 Å². The Bertz CT molecular complexity index is 525. The molecule has 90 valence electrons. The van der Waals surface area contributed by atoms with E-state index < -0.39 is 0 Å². The van der Waals surface area contributed by atoms with Crippen molar-refractivity contribution in [1.82, 2.24) is 9.88 Å². The Labute approximate surface area is 102 Å². The third-order valence-corrected chi connectivity index (χ3v) is 3.35. The SMILES string of the molecule is CCN(C)C(C)c1cc(O)c2ncccc2c1. The van der Waals surface area contributed by atoms with Crippen LogP contribution in [0.4, 0.5) is 0 Å². The first-order valence-corrected chi connectivity index (χ1v) is 5.91. The molecule has 0 aliphatic heterocycles. The minimum Gasteiger partial charge on any atom is -0.506 e. The number of fused-ring (bicyclic) bond motifs is 1. The molecule has 3 nitrogen and oxygen atoms in total. The van der Waals surface area contributed by atoms with Crippen LogP contribution in [0.25, 0.3) is 10.9 Å². The molecule has 17 heavy (non-hydrogen) atoms. The van der Waals surface area contributed by atoms with Crippen LogP contribution in [-0.2, 0) is 0 Å². The molecular weight excluding hydrogens is 212 g/mol. The van der Waals surface area contributed by atoms with Gasteiger partial charge in [-0.25, -0.2) is 0 Å². The van der Waals surface area contributed by atoms with E-state index in [0.29, 0.717) is 5.52 Å². The van der Waals surface area contributed by atoms with Crippen molar-refractivity contribution in [2.24, 2.45) is 0 Å². The number of phenols is 1. The van der Waals surface area contributed by atoms with E-state index in [1.807, 2.05) is 18.2 Å². The van der Waals surface area contributed by atoms with E-state index in [4.69, 9.17) is 0 Å². The van der Waals surface area contributed by atoms with E-state index in [2.05, 4.69) is 36.8 Å². The molecule has 2 aromatic rings. The minimum absolute atomic E-state index is 0.259. The van der Waals surface area contributed by atoms with Gasteiger partial charge in [0.25, 0.3) is 0 Å². The van der Waals surface area contributed by atoms with Crippen molar-refractivity contribution in [3.8, 4) is 5.75 Å². The lowest BCUT2D eigenvalue weighted by Gasteiger charge is -2.23. The maximum Gasteiger partial charge on any atom is 0.142 e. The van der Waals surface area contributed by atoms with Gasteiger partial charge in [-0.1, -0.05) is 13.0 Å². The highest BCUT2D eigenvalue weighted by Crippen LogP contribution is 2.29. The molecule has 2 rings (SSSR count). The number of hydrogen-bond acceptors (Lipinski definition) is 3. The Balaban J connectivity index is 2.50. The summed E-state index contributed by atoms with van der Waals surface area (Å²) in [5.41, 5.74) is 1.79. The molecule has 0 aliphatic carbocycles. The maximum atomic E-state index is 9.97. The average Bonchev–Trinajstić information content (AvgIpc) is 2.37. The van der Waals surface area contributed by atoms with Crippen LogP contribution in [0, 0.1) is 0 Å². The van der Waals surface area contributed by atoms with Gasteiger partial charge in [-0.05, 0) is 44.3 Å². The molecule has 0 bridgehead atoms. The highest BCUT2D eigenvalue weighted by molar-refractivity contribution is 5.84. The van der Waals surface area contributed by atoms with E-state index in [-0.39, 0.29) is 11.8 Å². The molecule has 0 amide bonds. The second-order valence-corrected chi connectivity index (χ2v) is 4.36. The third kappa shape index (κ3) is 2.24. The predicted molar refractivity (Wildman–Crippen MR) is 70.1 cm³/mol. The number of aromatic nitrogens is 1. The lowest BCUT2D eigenvalue weighted by Crippen LogP contribution is -2.21. The van der Waals surface area contributed by atoms with Gasteiger partial charge in [0.15, 0.2) is 0 Å². The van der Waals surface area contributed by atoms with Crippen molar-refractivity contribution in [2.45, 2.75) is 19.9 Å². The van der Waals surface area contributed by atoms with Gasteiger partial charge in [0.2, 0.25) is 0 Å². The van der Waals surface area contributed by atoms with Crippen LogP contribution in [0.1, 0.15) is 25.5 Å². The molecular formula is C14H18N2O. The summed E-state index contributed by atoms with van der Waals surface area (Å²) in [4.78, 5) is 6.42. The predicted octanol–water partition coefficient (Wildman–Crippen LogP) is 2.95. The molecule has 1 unspecified atom stereocenters. The number of rotatable bonds is 3. The van der Waals surface area contributed by atoms with Gasteiger partial charge >= 0.3 is 0 Å². The van der Waals surface area contributed by atoms with E-state index in [1.54, 1.807) is 6.20 Å². The molecule has 1 aromatic heterocycles. The smallest absolute Gasteiger partial charge is 0.142 e. The van der Waals surface area contributed by atoms with Gasteiger partial charge in [-0.15, -0.1) is 0 Å². The Hall–Kier alpha value is -1.61. The number of phenolic OH excluding ortho intramolecular Hbond substituents is 1. The summed E-state index contributed by atoms with van der Waals surface area (Å²) in [6, 6.07) is 8.06. The Morgan fingerprint density at radius 3 is 2.88 bits per heavy atom. The summed E-state index contributed by atoms with van der Waals surface area (Å²) in [5, 5.41) is 11.0. The van der Waals surface area contributed by atoms with E-state index in [9.17, 15) is 5.11 Å². The summed E-state index contributed by atoms with van der Waals surface area (Å²) < 4.78 is 0. The second kappa shape index (κ2) is 4.72. The van der Waals surface area contributed by atoms with Crippen molar-refractivity contribution in [1.29, 1.82) is 0 Å². The summed E-state index contributed by atoms with van der Waals surface area (Å²) in [5.74, 6) is 0.259. The van der Waals surface area contributed by atoms with Crippen LogP contribution < -0.4 is 0 Å². The first kappa shape index (κ1) is 11.9. The van der Waals surface area contributed by atoms with E-state index in [1.165, 1.54) is 0 Å². The number of pyridine rings is 1. The van der Waals surface area contributed by atoms with Gasteiger partial charge in [-0.2, -0.15) is 0 Å². The van der Waals surface area contributed by atoms with Gasteiger partial charge in [-0.3, -0.25) is 9.88 Å². The molecule has 0 saturated carbocycles. The van der Waals surface area contributed by atoms with Crippen molar-refractivity contribution in [2.75, 3.05) is 13.6 Å². The highest BCUT2D eigenvalue weighted by atomic mass is 16.3. The maximum absolute atomic E-state index is 9.97. The number of aromatic hydroxyl groups is 1. The molecule has 3 heteroatoms. The van der Waals surface area contributed by atoms with Gasteiger partial charge in [0.1, 0.15) is 11.3 Å². The largest absolute Gasteiger partial charge is 0.506 e. The normalized spacial score (nSPS) is 13.2. The minimum atomic E-state index is 0.259. The molecule has 0 radical (unpaired) electrons. The summed E-state index contributed by atoms with van der Waals surface area (Å²) in [6.45, 7) is 5.24. The molecule has 0 aliphatic rings. The summed E-state index contributed by atoms with van der Waals surface area (Å²) in [7, 11) is 2.08. The topological polar surface area (TPSA) is 36.4 Å². The third-order valence-electron chi connectivity index (χ3n) is 3.35. The Morgan fingerprint density at radius 2 is 2.18 bits per heavy atom. The van der Waals surface area contributed by atoms with Gasteiger partial charge in [0.05, 0.1) is 0 Å². The molecule has 1 atom stereocenters. The molecule has 0 fully saturated rings. The van der Waals surface area contributed by atoms with Gasteiger partial charge < -0.3 is 5.11 Å². The molecule has 0 spiro atoms. The lowest BCUT2D eigenvalue weighted by atomic mass is 10.0. The standard InChI is InChI=1S/C14H18N2O/c1-4-16(3)10(2)12-8-11-6-5-7-15-14(11)13(17)9-12/h5-10,17H,4H2,1-3H3. The lowest BCUT2D eigenvalue weighted by molar-refractivity contribution is 0.275. The van der Waals surface area contributed by atoms with Crippen LogP contribution in [0.3, 0.4) is 0 Å². The average molecular weight is 230 g/mol. The van der Waals surface area contributed by atoms with Crippen molar-refractivity contribution < 1.29 is 5.11 Å². The number of benzene rings is 1. The van der Waals surface area contributed by atoms with Crippen LogP contribution in [0.15, 0.2) is 30.5 Å². The monoisotopic (exact) mass is 230 g/mol. The Morgan fingerprint density at radius 1 is 1.41 bits per heavy atom. The summed E-state index contributed by atoms with van der Waals surface area (Å²) >= 11 is 0. The fourth-order valence-electron chi connectivity index (χ4n) is 1.97. The number of hydrogen-bond donors (Lipinski definition) is 1. The zero-order valence-corrected chi connectivity index (χ0v) is 10.5. The molecule has 1 heterocycles. The quantitative estimate of drug-likeness (QED) is 0.880. The molecule has 1 N–H and O–H groups in total. The van der Waals surface area contributed by atoms with E-state index >= 15 is 0 Å². The van der Waals surface area contributed by atoms with Crippen LogP contribution >= 0.6 is 0 Å². The van der Waals surface area contributed by atoms with Crippen LogP contribution in [-0.4, -0.2) is 28.6 Å². The highest BCUT2D eigenvalue weighted by Gasteiger charge is 2.12. The van der Waals surface area contributed by atoms with E-state index in [0.717, 1.165) is 17.5 Å². The molecule has 0 saturated heterocycles. The summed E-state index contributed by atoms with van der Waals surface area (Å²) in [6.07, 6.45) is 1.70. The number of nitrogens with zero attached hydrogens (tertiary/aromatic N) is 2. The molecule has 1 aromatic carbocycles. The first-order valence-electron chi connectivity index (χ1n) is 5.91. The Kier molecular flexibility index (Phi) is 3.29. The van der Waals surface area contributed by atoms with Crippen LogP contribution in [0.5, 0.6) is 5.75 Å². The van der Waals surface area contributed by atoms with Crippen molar-refractivity contribution in [3.63, 3.8) is 0 Å².